The van der Waals surface area contributed by atoms with Crippen LogP contribution in [0.15, 0.2) is 35.1 Å². The highest BCUT2D eigenvalue weighted by atomic mass is 16.2. The van der Waals surface area contributed by atoms with Gasteiger partial charge in [0.15, 0.2) is 5.82 Å². The van der Waals surface area contributed by atoms with Crippen LogP contribution in [0.25, 0.3) is 10.9 Å². The summed E-state index contributed by atoms with van der Waals surface area (Å²) in [6.07, 6.45) is 0. The van der Waals surface area contributed by atoms with Crippen molar-refractivity contribution in [3.8, 4) is 6.07 Å². The second-order valence-corrected chi connectivity index (χ2v) is 4.68. The summed E-state index contributed by atoms with van der Waals surface area (Å²) in [5.74, 6) is -0.638. The zero-order chi connectivity index (χ0) is 16.6. The number of benzene rings is 1. The van der Waals surface area contributed by atoms with Crippen molar-refractivity contribution in [3.05, 3.63) is 51.8 Å². The SMILES string of the molecule is N#Cc1c(=O)n(NC(=O)c2ccccc2)c(N)c2c(N)n[nH]c12. The average Bonchev–Trinajstić information content (AvgIpc) is 2.94. The maximum absolute atomic E-state index is 12.4. The molecule has 0 bridgehead atoms. The van der Waals surface area contributed by atoms with Crippen LogP contribution in [0, 0.1) is 11.3 Å². The minimum Gasteiger partial charge on any atom is -0.383 e. The number of pyridine rings is 1. The van der Waals surface area contributed by atoms with Gasteiger partial charge in [0.2, 0.25) is 0 Å². The van der Waals surface area contributed by atoms with E-state index in [1.165, 1.54) is 0 Å². The van der Waals surface area contributed by atoms with Gasteiger partial charge in [-0.25, -0.2) is 0 Å². The van der Waals surface area contributed by atoms with Crippen molar-refractivity contribution in [2.45, 2.75) is 0 Å². The van der Waals surface area contributed by atoms with Crippen molar-refractivity contribution in [2.75, 3.05) is 16.9 Å². The number of nitrogens with one attached hydrogen (secondary N) is 2. The molecule has 3 aromatic rings. The lowest BCUT2D eigenvalue weighted by atomic mass is 10.2. The first kappa shape index (κ1) is 14.2. The molecular weight excluding hydrogens is 298 g/mol. The van der Waals surface area contributed by atoms with E-state index in [9.17, 15) is 14.9 Å². The standard InChI is InChI=1S/C14H11N7O2/c15-6-8-10-9(11(16)19-18-10)12(17)21(14(8)23)20-13(22)7-4-2-1-3-5-7/h1-5,18H,17H2,(H2,16,19)(H,20,22). The van der Waals surface area contributed by atoms with Gasteiger partial charge in [-0.15, -0.1) is 0 Å². The van der Waals surface area contributed by atoms with Gasteiger partial charge in [0.25, 0.3) is 11.5 Å². The molecule has 0 unspecified atom stereocenters. The molecule has 0 atom stereocenters. The van der Waals surface area contributed by atoms with Gasteiger partial charge in [-0.05, 0) is 12.1 Å². The molecule has 0 saturated carbocycles. The van der Waals surface area contributed by atoms with Crippen molar-refractivity contribution >= 4 is 28.4 Å². The van der Waals surface area contributed by atoms with E-state index >= 15 is 0 Å². The number of nitrogens with zero attached hydrogens (tertiary/aromatic N) is 3. The number of aromatic nitrogens is 3. The van der Waals surface area contributed by atoms with Gasteiger partial charge < -0.3 is 11.5 Å². The van der Waals surface area contributed by atoms with Crippen LogP contribution in [0.4, 0.5) is 11.6 Å². The Balaban J connectivity index is 2.18. The molecule has 0 saturated heterocycles. The highest BCUT2D eigenvalue weighted by Gasteiger charge is 2.20. The Kier molecular flexibility index (Phi) is 3.19. The molecule has 9 nitrogen and oxygen atoms in total. The predicted molar refractivity (Wildman–Crippen MR) is 84.0 cm³/mol. The van der Waals surface area contributed by atoms with Crippen molar-refractivity contribution in [1.82, 2.24) is 14.9 Å². The summed E-state index contributed by atoms with van der Waals surface area (Å²) in [4.78, 5) is 24.6. The van der Waals surface area contributed by atoms with Gasteiger partial charge in [-0.1, -0.05) is 18.2 Å². The van der Waals surface area contributed by atoms with Gasteiger partial charge in [-0.2, -0.15) is 15.0 Å². The number of nitrogens with two attached hydrogens (primary N) is 2. The maximum atomic E-state index is 12.4. The third-order valence-electron chi connectivity index (χ3n) is 3.32. The Bertz CT molecular complexity index is 1010. The molecule has 0 spiro atoms. The van der Waals surface area contributed by atoms with E-state index in [2.05, 4.69) is 15.6 Å². The van der Waals surface area contributed by atoms with E-state index in [1.807, 2.05) is 0 Å². The third kappa shape index (κ3) is 2.14. The van der Waals surface area contributed by atoms with Gasteiger partial charge in [0.05, 0.1) is 10.9 Å². The smallest absolute Gasteiger partial charge is 0.291 e. The van der Waals surface area contributed by atoms with Crippen LogP contribution in [0.5, 0.6) is 0 Å². The minimum atomic E-state index is -0.773. The van der Waals surface area contributed by atoms with E-state index in [-0.39, 0.29) is 28.1 Å². The molecule has 0 aliphatic rings. The number of hydrogen-bond acceptors (Lipinski definition) is 6. The average molecular weight is 309 g/mol. The molecule has 23 heavy (non-hydrogen) atoms. The molecule has 1 aromatic carbocycles. The normalized spacial score (nSPS) is 10.4. The number of anilines is 2. The van der Waals surface area contributed by atoms with Crippen molar-refractivity contribution in [1.29, 1.82) is 5.26 Å². The summed E-state index contributed by atoms with van der Waals surface area (Å²) >= 11 is 0. The molecule has 0 aliphatic heterocycles. The number of nitriles is 1. The molecule has 2 heterocycles. The van der Waals surface area contributed by atoms with E-state index in [0.29, 0.717) is 5.56 Å². The number of fused-ring (bicyclic) bond motifs is 1. The summed E-state index contributed by atoms with van der Waals surface area (Å²) in [5, 5.41) is 15.6. The molecule has 1 amide bonds. The first-order chi connectivity index (χ1) is 11.0. The summed E-state index contributed by atoms with van der Waals surface area (Å²) in [7, 11) is 0. The van der Waals surface area contributed by atoms with Crippen molar-refractivity contribution in [2.24, 2.45) is 0 Å². The van der Waals surface area contributed by atoms with Crippen LogP contribution in [0.2, 0.25) is 0 Å². The van der Waals surface area contributed by atoms with E-state index in [4.69, 9.17) is 11.5 Å². The number of aromatic amines is 1. The third-order valence-corrected chi connectivity index (χ3v) is 3.32. The second-order valence-electron chi connectivity index (χ2n) is 4.68. The summed E-state index contributed by atoms with van der Waals surface area (Å²) in [6, 6.07) is 10.0. The Labute approximate surface area is 129 Å². The molecule has 0 radical (unpaired) electrons. The quantitative estimate of drug-likeness (QED) is 0.527. The zero-order valence-corrected chi connectivity index (χ0v) is 11.7. The molecule has 114 valence electrons. The largest absolute Gasteiger partial charge is 0.383 e. The number of H-pyrrole nitrogens is 1. The van der Waals surface area contributed by atoms with Crippen LogP contribution in [-0.2, 0) is 0 Å². The van der Waals surface area contributed by atoms with Crippen LogP contribution in [-0.4, -0.2) is 20.8 Å². The monoisotopic (exact) mass is 309 g/mol. The summed E-state index contributed by atoms with van der Waals surface area (Å²) in [6.45, 7) is 0. The van der Waals surface area contributed by atoms with Gasteiger partial charge >= 0.3 is 0 Å². The van der Waals surface area contributed by atoms with Crippen molar-refractivity contribution in [3.63, 3.8) is 0 Å². The fourth-order valence-corrected chi connectivity index (χ4v) is 2.21. The van der Waals surface area contributed by atoms with Crippen LogP contribution >= 0.6 is 0 Å². The first-order valence-corrected chi connectivity index (χ1v) is 6.49. The number of carbonyl (C=O) groups excluding carboxylic acids is 1. The number of amides is 1. The van der Waals surface area contributed by atoms with Gasteiger partial charge in [-0.3, -0.25) is 20.1 Å². The van der Waals surface area contributed by atoms with Crippen LogP contribution < -0.4 is 22.5 Å². The zero-order valence-electron chi connectivity index (χ0n) is 11.7. The van der Waals surface area contributed by atoms with Crippen molar-refractivity contribution < 1.29 is 4.79 Å². The molecule has 0 aliphatic carbocycles. The highest BCUT2D eigenvalue weighted by molar-refractivity contribution is 6.03. The summed E-state index contributed by atoms with van der Waals surface area (Å²) in [5.41, 5.74) is 13.4. The van der Waals surface area contributed by atoms with Gasteiger partial charge in [0.1, 0.15) is 17.5 Å². The molecule has 2 aromatic heterocycles. The molecule has 6 N–H and O–H groups in total. The molecule has 9 heteroatoms. The van der Waals surface area contributed by atoms with Gasteiger partial charge in [0, 0.05) is 5.56 Å². The fourth-order valence-electron chi connectivity index (χ4n) is 2.21. The summed E-state index contributed by atoms with van der Waals surface area (Å²) < 4.78 is 0.794. The Morgan fingerprint density at radius 3 is 2.65 bits per heavy atom. The predicted octanol–water partition coefficient (Wildman–Crippen LogP) is 0.145. The minimum absolute atomic E-state index is 0.0247. The Hall–Kier alpha value is -3.80. The van der Waals surface area contributed by atoms with E-state index < -0.39 is 11.5 Å². The van der Waals surface area contributed by atoms with E-state index in [1.54, 1.807) is 36.4 Å². The number of carbonyl (C=O) groups is 1. The number of rotatable bonds is 2. The topological polar surface area (TPSA) is 156 Å². The maximum Gasteiger partial charge on any atom is 0.291 e. The molecule has 0 fully saturated rings. The second kappa shape index (κ2) is 5.19. The Morgan fingerprint density at radius 2 is 2.00 bits per heavy atom. The number of hydrogen-bond donors (Lipinski definition) is 4. The molecular formula is C14H11N7O2. The lowest BCUT2D eigenvalue weighted by Crippen LogP contribution is -2.36. The highest BCUT2D eigenvalue weighted by Crippen LogP contribution is 2.24. The Morgan fingerprint density at radius 1 is 1.30 bits per heavy atom. The molecule has 3 rings (SSSR count). The fraction of sp³-hybridized carbons (Fsp3) is 0. The first-order valence-electron chi connectivity index (χ1n) is 6.49. The van der Waals surface area contributed by atoms with Crippen LogP contribution in [0.3, 0.4) is 0 Å². The van der Waals surface area contributed by atoms with Crippen LogP contribution in [0.1, 0.15) is 15.9 Å². The lowest BCUT2D eigenvalue weighted by Gasteiger charge is -2.12. The number of nitrogen functional groups attached to an aromatic ring is 2. The lowest BCUT2D eigenvalue weighted by molar-refractivity contribution is 0.101. The van der Waals surface area contributed by atoms with E-state index in [0.717, 1.165) is 4.68 Å².